The molecule has 0 aliphatic carbocycles. The third-order valence-corrected chi connectivity index (χ3v) is 6.51. The Morgan fingerprint density at radius 1 is 1.12 bits per heavy atom. The minimum Gasteiger partial charge on any atom is -0.271 e. The van der Waals surface area contributed by atoms with Gasteiger partial charge in [0.1, 0.15) is 10.8 Å². The number of fused-ring (bicyclic) bond motifs is 3. The van der Waals surface area contributed by atoms with Crippen molar-refractivity contribution in [2.24, 2.45) is 4.99 Å². The average molecular weight is 469 g/mol. The molecule has 1 aromatic carbocycles. The topological polar surface area (TPSA) is 43.1 Å². The molecule has 1 aliphatic heterocycles. The van der Waals surface area contributed by atoms with Gasteiger partial charge in [0, 0.05) is 21.0 Å². The fraction of sp³-hybridized carbons (Fsp3) is 0.235. The maximum Gasteiger partial charge on any atom is 0.173 e. The third-order valence-electron chi connectivity index (χ3n) is 4.23. The van der Waals surface area contributed by atoms with Gasteiger partial charge in [-0.25, -0.2) is 0 Å². The number of aliphatic imine (C=N–C) groups is 1. The summed E-state index contributed by atoms with van der Waals surface area (Å²) in [5.41, 5.74) is 4.49. The summed E-state index contributed by atoms with van der Waals surface area (Å²) < 4.78 is 2.05. The minimum atomic E-state index is -0.0891. The number of hydrogen-bond donors (Lipinski definition) is 0. The van der Waals surface area contributed by atoms with Gasteiger partial charge in [-0.15, -0.1) is 21.5 Å². The van der Waals surface area contributed by atoms with Crippen LogP contribution in [0.4, 0.5) is 0 Å². The molecule has 0 spiro atoms. The maximum absolute atomic E-state index is 6.06. The Morgan fingerprint density at radius 2 is 1.83 bits per heavy atom. The van der Waals surface area contributed by atoms with E-state index in [2.05, 4.69) is 51.2 Å². The van der Waals surface area contributed by atoms with E-state index in [0.29, 0.717) is 0 Å². The zero-order chi connectivity index (χ0) is 17.0. The van der Waals surface area contributed by atoms with Crippen LogP contribution in [-0.2, 0) is 0 Å². The van der Waals surface area contributed by atoms with Gasteiger partial charge in [0.15, 0.2) is 9.87 Å². The highest BCUT2D eigenvalue weighted by atomic mass is 127. The first-order valence-electron chi connectivity index (χ1n) is 7.48. The Hall–Kier alpha value is -1.25. The molecule has 4 nitrogen and oxygen atoms in total. The van der Waals surface area contributed by atoms with Crippen LogP contribution in [0.2, 0.25) is 5.02 Å². The molecule has 0 radical (unpaired) electrons. The lowest BCUT2D eigenvalue weighted by Crippen LogP contribution is -2.07. The predicted octanol–water partition coefficient (Wildman–Crippen LogP) is 5.19. The molecule has 0 fully saturated rings. The van der Waals surface area contributed by atoms with E-state index in [-0.39, 0.29) is 4.05 Å². The Balaban J connectivity index is 2.04. The van der Waals surface area contributed by atoms with E-state index in [4.69, 9.17) is 16.6 Å². The summed E-state index contributed by atoms with van der Waals surface area (Å²) in [6.07, 6.45) is 0. The second kappa shape index (κ2) is 5.93. The Morgan fingerprint density at radius 3 is 2.54 bits per heavy atom. The van der Waals surface area contributed by atoms with Crippen LogP contribution in [0.25, 0.3) is 5.00 Å². The Labute approximate surface area is 162 Å². The van der Waals surface area contributed by atoms with Crippen molar-refractivity contribution in [2.75, 3.05) is 0 Å². The summed E-state index contributed by atoms with van der Waals surface area (Å²) in [4.78, 5) is 6.27. The first kappa shape index (κ1) is 16.2. The molecule has 0 amide bonds. The zero-order valence-electron chi connectivity index (χ0n) is 13.3. The lowest BCUT2D eigenvalue weighted by Gasteiger charge is -2.09. The number of benzene rings is 1. The van der Waals surface area contributed by atoms with Crippen molar-refractivity contribution in [1.29, 1.82) is 0 Å². The molecule has 1 unspecified atom stereocenters. The van der Waals surface area contributed by atoms with Gasteiger partial charge in [-0.1, -0.05) is 23.7 Å². The lowest BCUT2D eigenvalue weighted by molar-refractivity contribution is 0.873. The number of aromatic nitrogens is 3. The first-order valence-corrected chi connectivity index (χ1v) is 9.92. The number of thiophene rings is 1. The zero-order valence-corrected chi connectivity index (χ0v) is 17.1. The highest BCUT2D eigenvalue weighted by Gasteiger charge is 2.29. The number of hydrogen-bond acceptors (Lipinski definition) is 4. The molecule has 3 aromatic rings. The van der Waals surface area contributed by atoms with E-state index in [1.165, 1.54) is 16.0 Å². The molecule has 3 heterocycles. The van der Waals surface area contributed by atoms with E-state index in [1.54, 1.807) is 11.3 Å². The molecule has 2 aromatic heterocycles. The molecule has 1 atom stereocenters. The van der Waals surface area contributed by atoms with Crippen molar-refractivity contribution in [3.05, 3.63) is 62.5 Å². The van der Waals surface area contributed by atoms with Crippen LogP contribution in [0.3, 0.4) is 0 Å². The van der Waals surface area contributed by atoms with Crippen molar-refractivity contribution in [3.8, 4) is 5.00 Å². The van der Waals surface area contributed by atoms with Crippen LogP contribution in [0.15, 0.2) is 29.3 Å². The number of alkyl halides is 1. The maximum atomic E-state index is 6.06. The molecule has 0 N–H and O–H groups in total. The van der Waals surface area contributed by atoms with Gasteiger partial charge in [-0.2, -0.15) is 0 Å². The summed E-state index contributed by atoms with van der Waals surface area (Å²) in [7, 11) is 0. The van der Waals surface area contributed by atoms with Crippen molar-refractivity contribution >= 4 is 51.2 Å². The summed E-state index contributed by atoms with van der Waals surface area (Å²) in [5, 5.41) is 10.5. The Bertz CT molecular complexity index is 971. The van der Waals surface area contributed by atoms with Crippen LogP contribution < -0.4 is 0 Å². The highest BCUT2D eigenvalue weighted by molar-refractivity contribution is 14.1. The SMILES string of the molecule is Cc1sc2c(c1C)C(c1ccc(Cl)cc1)=NC(I)c1nnc(C)n1-2. The quantitative estimate of drug-likeness (QED) is 0.280. The van der Waals surface area contributed by atoms with E-state index < -0.39 is 0 Å². The second-order valence-electron chi connectivity index (χ2n) is 5.72. The van der Waals surface area contributed by atoms with Gasteiger partial charge in [-0.05, 0) is 61.1 Å². The van der Waals surface area contributed by atoms with Crippen LogP contribution in [0, 0.1) is 20.8 Å². The number of aryl methyl sites for hydroxylation is 2. The summed E-state index contributed by atoms with van der Waals surface area (Å²) in [6, 6.07) is 7.87. The molecule has 7 heteroatoms. The van der Waals surface area contributed by atoms with Crippen LogP contribution in [-0.4, -0.2) is 20.5 Å². The van der Waals surface area contributed by atoms with Gasteiger partial charge >= 0.3 is 0 Å². The smallest absolute Gasteiger partial charge is 0.173 e. The lowest BCUT2D eigenvalue weighted by atomic mass is 10.00. The summed E-state index contributed by atoms with van der Waals surface area (Å²) >= 11 is 10.1. The molecule has 0 bridgehead atoms. The first-order chi connectivity index (χ1) is 11.5. The number of halogens is 2. The fourth-order valence-electron chi connectivity index (χ4n) is 2.89. The van der Waals surface area contributed by atoms with Crippen LogP contribution in [0.1, 0.15) is 37.3 Å². The van der Waals surface area contributed by atoms with E-state index in [1.807, 2.05) is 31.2 Å². The van der Waals surface area contributed by atoms with E-state index >= 15 is 0 Å². The number of rotatable bonds is 1. The molecular formula is C17H14ClIN4S. The van der Waals surface area contributed by atoms with Crippen LogP contribution >= 0.6 is 45.5 Å². The molecule has 0 saturated heterocycles. The van der Waals surface area contributed by atoms with Crippen LogP contribution in [0.5, 0.6) is 0 Å². The average Bonchev–Trinajstić information content (AvgIpc) is 3.03. The van der Waals surface area contributed by atoms with E-state index in [0.717, 1.165) is 32.9 Å². The molecule has 4 rings (SSSR count). The molecule has 0 saturated carbocycles. The van der Waals surface area contributed by atoms with E-state index in [9.17, 15) is 0 Å². The predicted molar refractivity (Wildman–Crippen MR) is 107 cm³/mol. The Kier molecular flexibility index (Phi) is 4.01. The minimum absolute atomic E-state index is 0.0891. The summed E-state index contributed by atoms with van der Waals surface area (Å²) in [6.45, 7) is 6.29. The second-order valence-corrected chi connectivity index (χ2v) is 8.54. The molecule has 24 heavy (non-hydrogen) atoms. The van der Waals surface area contributed by atoms with Gasteiger partial charge < -0.3 is 0 Å². The van der Waals surface area contributed by atoms with Gasteiger partial charge in [-0.3, -0.25) is 9.56 Å². The monoisotopic (exact) mass is 468 g/mol. The largest absolute Gasteiger partial charge is 0.271 e. The van der Waals surface area contributed by atoms with Gasteiger partial charge in [0.05, 0.1) is 5.71 Å². The number of nitrogens with zero attached hydrogens (tertiary/aromatic N) is 4. The fourth-order valence-corrected chi connectivity index (χ4v) is 4.91. The van der Waals surface area contributed by atoms with Crippen molar-refractivity contribution < 1.29 is 0 Å². The van der Waals surface area contributed by atoms with Crippen molar-refractivity contribution in [1.82, 2.24) is 14.8 Å². The third kappa shape index (κ3) is 2.43. The standard InChI is InChI=1S/C17H14ClIN4S/c1-8-9(2)24-17-13(8)14(11-4-6-12(18)7-5-11)20-15(19)16-22-21-10(3)23(16)17/h4-7,15H,1-3H3. The van der Waals surface area contributed by atoms with Gasteiger partial charge in [0.2, 0.25) is 0 Å². The van der Waals surface area contributed by atoms with Crippen molar-refractivity contribution in [3.63, 3.8) is 0 Å². The normalized spacial score (nSPS) is 16.4. The van der Waals surface area contributed by atoms with Crippen molar-refractivity contribution in [2.45, 2.75) is 24.8 Å². The molecular weight excluding hydrogens is 455 g/mol. The highest BCUT2D eigenvalue weighted by Crippen LogP contribution is 2.40. The van der Waals surface area contributed by atoms with Gasteiger partial charge in [0.25, 0.3) is 0 Å². The summed E-state index contributed by atoms with van der Waals surface area (Å²) in [5.74, 6) is 1.77. The molecule has 122 valence electrons. The molecule has 1 aliphatic rings.